The number of hydrogen-bond acceptors (Lipinski definition) is 3. The number of fused-ring (bicyclic) bond motifs is 1. The molecule has 104 valence electrons. The minimum atomic E-state index is 0.507. The second kappa shape index (κ2) is 5.61. The molecule has 1 unspecified atom stereocenters. The number of nitrogens with zero attached hydrogens (tertiary/aromatic N) is 2. The molecule has 1 saturated heterocycles. The lowest BCUT2D eigenvalue weighted by atomic mass is 9.93. The van der Waals surface area contributed by atoms with E-state index in [-0.39, 0.29) is 0 Å². The van der Waals surface area contributed by atoms with Crippen LogP contribution in [0.1, 0.15) is 31.0 Å². The number of hydrogen-bond donors (Lipinski definition) is 0. The minimum absolute atomic E-state index is 0.507. The molecule has 0 N–H and O–H groups in total. The second-order valence-corrected chi connectivity index (χ2v) is 5.64. The van der Waals surface area contributed by atoms with Crippen LogP contribution in [0, 0.1) is 0 Å². The monoisotopic (exact) mass is 260 g/mol. The average Bonchev–Trinajstić information content (AvgIpc) is 2.48. The average molecular weight is 260 g/mol. The summed E-state index contributed by atoms with van der Waals surface area (Å²) in [5.74, 6) is 0. The predicted octanol–water partition coefficient (Wildman–Crippen LogP) is 2.28. The van der Waals surface area contributed by atoms with Crippen LogP contribution in [0.25, 0.3) is 0 Å². The normalized spacial score (nSPS) is 26.9. The van der Waals surface area contributed by atoms with Gasteiger partial charge in [0.2, 0.25) is 0 Å². The lowest BCUT2D eigenvalue weighted by molar-refractivity contribution is -0.0405. The summed E-state index contributed by atoms with van der Waals surface area (Å²) in [5.41, 5.74) is 3.04. The van der Waals surface area contributed by atoms with Gasteiger partial charge < -0.3 is 4.74 Å². The Morgan fingerprint density at radius 3 is 2.68 bits per heavy atom. The third kappa shape index (κ3) is 2.55. The molecule has 0 amide bonds. The van der Waals surface area contributed by atoms with Gasteiger partial charge in [-0.15, -0.1) is 0 Å². The van der Waals surface area contributed by atoms with E-state index in [0.717, 1.165) is 32.8 Å². The quantitative estimate of drug-likeness (QED) is 0.811. The van der Waals surface area contributed by atoms with Crippen molar-refractivity contribution in [1.82, 2.24) is 9.80 Å². The summed E-state index contributed by atoms with van der Waals surface area (Å²) in [6.07, 6.45) is 1.68. The van der Waals surface area contributed by atoms with E-state index < -0.39 is 0 Å². The molecule has 1 aromatic rings. The van der Waals surface area contributed by atoms with Crippen LogP contribution in [0.3, 0.4) is 0 Å². The highest BCUT2D eigenvalue weighted by Gasteiger charge is 2.30. The van der Waals surface area contributed by atoms with Crippen molar-refractivity contribution in [2.45, 2.75) is 32.5 Å². The maximum absolute atomic E-state index is 5.46. The van der Waals surface area contributed by atoms with E-state index in [1.54, 1.807) is 0 Å². The van der Waals surface area contributed by atoms with Gasteiger partial charge in [0.05, 0.1) is 19.4 Å². The fraction of sp³-hybridized carbons (Fsp3) is 0.625. The molecule has 3 nitrogen and oxygen atoms in total. The Morgan fingerprint density at radius 2 is 1.89 bits per heavy atom. The summed E-state index contributed by atoms with van der Waals surface area (Å²) in [6.45, 7) is 9.73. The summed E-state index contributed by atoms with van der Waals surface area (Å²) in [6, 6.07) is 9.41. The van der Waals surface area contributed by atoms with E-state index in [0.29, 0.717) is 12.2 Å². The van der Waals surface area contributed by atoms with Crippen molar-refractivity contribution < 1.29 is 4.74 Å². The van der Waals surface area contributed by atoms with Gasteiger partial charge in [0.25, 0.3) is 0 Å². The van der Waals surface area contributed by atoms with E-state index in [9.17, 15) is 0 Å². The molecular formula is C16H24N2O. The van der Waals surface area contributed by atoms with E-state index in [2.05, 4.69) is 47.9 Å². The Balaban J connectivity index is 1.75. The first-order valence-electron chi connectivity index (χ1n) is 7.42. The fourth-order valence-corrected chi connectivity index (χ4v) is 3.46. The molecule has 2 aliphatic rings. The maximum Gasteiger partial charge on any atom is 0.0600 e. The van der Waals surface area contributed by atoms with E-state index in [1.165, 1.54) is 17.5 Å². The molecule has 0 radical (unpaired) electrons. The van der Waals surface area contributed by atoms with Crippen LogP contribution < -0.4 is 0 Å². The molecule has 2 heterocycles. The SMILES string of the molecule is CC(N1CCOCC1)N1CCc2ccccc2[C@H]1C. The molecule has 19 heavy (non-hydrogen) atoms. The standard InChI is InChI=1S/C16H24N2O/c1-13-16-6-4-3-5-15(16)7-8-18(13)14(2)17-9-11-19-12-10-17/h3-6,13-14H,7-12H2,1-2H3/t13-,14?/m1/s1. The summed E-state index contributed by atoms with van der Waals surface area (Å²) in [7, 11) is 0. The highest BCUT2D eigenvalue weighted by Crippen LogP contribution is 2.31. The zero-order chi connectivity index (χ0) is 13.2. The third-order valence-corrected chi connectivity index (χ3v) is 4.70. The summed E-state index contributed by atoms with van der Waals surface area (Å²) >= 11 is 0. The van der Waals surface area contributed by atoms with Crippen molar-refractivity contribution in [3.8, 4) is 0 Å². The van der Waals surface area contributed by atoms with Gasteiger partial charge in [-0.3, -0.25) is 9.80 Å². The summed E-state index contributed by atoms with van der Waals surface area (Å²) in [4.78, 5) is 5.18. The van der Waals surface area contributed by atoms with Gasteiger partial charge in [-0.25, -0.2) is 0 Å². The van der Waals surface area contributed by atoms with Gasteiger partial charge in [-0.2, -0.15) is 0 Å². The Morgan fingerprint density at radius 1 is 1.16 bits per heavy atom. The fourth-order valence-electron chi connectivity index (χ4n) is 3.46. The Kier molecular flexibility index (Phi) is 3.87. The first-order chi connectivity index (χ1) is 9.27. The molecule has 0 spiro atoms. The van der Waals surface area contributed by atoms with Crippen LogP contribution in [0.4, 0.5) is 0 Å². The summed E-state index contributed by atoms with van der Waals surface area (Å²) < 4.78 is 5.46. The lowest BCUT2D eigenvalue weighted by Gasteiger charge is -2.45. The first kappa shape index (κ1) is 13.1. The van der Waals surface area contributed by atoms with Gasteiger partial charge in [0, 0.05) is 25.7 Å². The highest BCUT2D eigenvalue weighted by molar-refractivity contribution is 5.32. The Labute approximate surface area is 116 Å². The van der Waals surface area contributed by atoms with Crippen LogP contribution in [0.2, 0.25) is 0 Å². The van der Waals surface area contributed by atoms with Gasteiger partial charge in [-0.05, 0) is 31.4 Å². The molecule has 0 aliphatic carbocycles. The second-order valence-electron chi connectivity index (χ2n) is 5.64. The van der Waals surface area contributed by atoms with Crippen LogP contribution >= 0.6 is 0 Å². The molecule has 0 bridgehead atoms. The van der Waals surface area contributed by atoms with Gasteiger partial charge in [-0.1, -0.05) is 24.3 Å². The number of rotatable bonds is 2. The van der Waals surface area contributed by atoms with Crippen LogP contribution in [0.15, 0.2) is 24.3 Å². The largest absolute Gasteiger partial charge is 0.379 e. The van der Waals surface area contributed by atoms with Gasteiger partial charge in [0.15, 0.2) is 0 Å². The molecule has 0 saturated carbocycles. The number of ether oxygens (including phenoxy) is 1. The molecule has 2 aliphatic heterocycles. The van der Waals surface area contributed by atoms with Crippen LogP contribution in [-0.4, -0.2) is 48.8 Å². The minimum Gasteiger partial charge on any atom is -0.379 e. The molecule has 3 heteroatoms. The van der Waals surface area contributed by atoms with E-state index in [4.69, 9.17) is 4.74 Å². The topological polar surface area (TPSA) is 15.7 Å². The molecule has 3 rings (SSSR count). The molecule has 1 fully saturated rings. The Hall–Kier alpha value is -0.900. The van der Waals surface area contributed by atoms with Crippen molar-refractivity contribution in [3.05, 3.63) is 35.4 Å². The van der Waals surface area contributed by atoms with Gasteiger partial charge in [0.1, 0.15) is 0 Å². The predicted molar refractivity (Wildman–Crippen MR) is 77.1 cm³/mol. The lowest BCUT2D eigenvalue weighted by Crippen LogP contribution is -2.53. The van der Waals surface area contributed by atoms with Crippen LogP contribution in [-0.2, 0) is 11.2 Å². The molecule has 2 atom stereocenters. The zero-order valence-electron chi connectivity index (χ0n) is 12.0. The third-order valence-electron chi connectivity index (χ3n) is 4.70. The molecule has 1 aromatic carbocycles. The molecular weight excluding hydrogens is 236 g/mol. The summed E-state index contributed by atoms with van der Waals surface area (Å²) in [5, 5.41) is 0. The molecule has 0 aromatic heterocycles. The van der Waals surface area contributed by atoms with Crippen molar-refractivity contribution in [2.75, 3.05) is 32.8 Å². The zero-order valence-corrected chi connectivity index (χ0v) is 12.0. The first-order valence-corrected chi connectivity index (χ1v) is 7.42. The van der Waals surface area contributed by atoms with Gasteiger partial charge >= 0.3 is 0 Å². The highest BCUT2D eigenvalue weighted by atomic mass is 16.5. The van der Waals surface area contributed by atoms with Crippen molar-refractivity contribution in [1.29, 1.82) is 0 Å². The van der Waals surface area contributed by atoms with Crippen LogP contribution in [0.5, 0.6) is 0 Å². The smallest absolute Gasteiger partial charge is 0.0600 e. The maximum atomic E-state index is 5.46. The van der Waals surface area contributed by atoms with E-state index in [1.807, 2.05) is 0 Å². The van der Waals surface area contributed by atoms with Crippen molar-refractivity contribution in [3.63, 3.8) is 0 Å². The van der Waals surface area contributed by atoms with Crippen molar-refractivity contribution >= 4 is 0 Å². The number of morpholine rings is 1. The van der Waals surface area contributed by atoms with E-state index >= 15 is 0 Å². The Bertz CT molecular complexity index is 429. The van der Waals surface area contributed by atoms with Crippen molar-refractivity contribution in [2.24, 2.45) is 0 Å². The number of benzene rings is 1.